The third-order valence-electron chi connectivity index (χ3n) is 3.07. The van der Waals surface area contributed by atoms with Gasteiger partial charge in [0.15, 0.2) is 0 Å². The largest absolute Gasteiger partial charge is 0.382 e. The van der Waals surface area contributed by atoms with Crippen molar-refractivity contribution >= 4 is 28.3 Å². The van der Waals surface area contributed by atoms with Gasteiger partial charge in [0.2, 0.25) is 0 Å². The smallest absolute Gasteiger partial charge is 0.126 e. The van der Waals surface area contributed by atoms with Crippen LogP contribution in [0.3, 0.4) is 0 Å². The number of nitrogens with one attached hydrogen (secondary N) is 1. The summed E-state index contributed by atoms with van der Waals surface area (Å²) in [5, 5.41) is 3.41. The molecule has 0 spiro atoms. The minimum Gasteiger partial charge on any atom is -0.382 e. The number of benzene rings is 2. The first-order valence-electron chi connectivity index (χ1n) is 6.32. The van der Waals surface area contributed by atoms with Gasteiger partial charge in [0.1, 0.15) is 5.82 Å². The lowest BCUT2D eigenvalue weighted by Crippen LogP contribution is -2.18. The van der Waals surface area contributed by atoms with Crippen molar-refractivity contribution in [2.75, 3.05) is 5.32 Å². The lowest BCUT2D eigenvalue weighted by atomic mass is 10.1. The Morgan fingerprint density at radius 2 is 1.95 bits per heavy atom. The molecule has 0 radical (unpaired) electrons. The van der Waals surface area contributed by atoms with E-state index in [2.05, 4.69) is 60.0 Å². The molecule has 0 fully saturated rings. The molecule has 100 valence electrons. The monoisotopic (exact) mass is 369 g/mol. The van der Waals surface area contributed by atoms with Gasteiger partial charge in [-0.3, -0.25) is 0 Å². The normalized spacial score (nSPS) is 12.2. The molecule has 1 atom stereocenters. The van der Waals surface area contributed by atoms with E-state index in [0.717, 1.165) is 11.3 Å². The second kappa shape index (κ2) is 6.37. The second-order valence-electron chi connectivity index (χ2n) is 4.80. The second-order valence-corrected chi connectivity index (χ2v) is 5.97. The summed E-state index contributed by atoms with van der Waals surface area (Å²) in [6, 6.07) is 13.4. The Balaban J connectivity index is 2.03. The number of hydrogen-bond donors (Lipinski definition) is 1. The molecule has 0 aliphatic carbocycles. The highest BCUT2D eigenvalue weighted by molar-refractivity contribution is 14.1. The molecule has 19 heavy (non-hydrogen) atoms. The predicted octanol–water partition coefficient (Wildman–Crippen LogP) is 4.78. The van der Waals surface area contributed by atoms with Crippen LogP contribution in [0.25, 0.3) is 0 Å². The van der Waals surface area contributed by atoms with E-state index in [1.54, 1.807) is 6.07 Å². The first-order valence-corrected chi connectivity index (χ1v) is 7.40. The van der Waals surface area contributed by atoms with Crippen LogP contribution in [0.2, 0.25) is 0 Å². The van der Waals surface area contributed by atoms with E-state index in [4.69, 9.17) is 0 Å². The van der Waals surface area contributed by atoms with E-state index in [-0.39, 0.29) is 11.9 Å². The van der Waals surface area contributed by atoms with E-state index >= 15 is 0 Å². The van der Waals surface area contributed by atoms with Gasteiger partial charge >= 0.3 is 0 Å². The van der Waals surface area contributed by atoms with Gasteiger partial charge in [0, 0.05) is 15.3 Å². The number of hydrogen-bond acceptors (Lipinski definition) is 1. The highest BCUT2D eigenvalue weighted by Gasteiger charge is 2.07. The Bertz CT molecular complexity index is 568. The topological polar surface area (TPSA) is 12.0 Å². The van der Waals surface area contributed by atoms with E-state index in [0.29, 0.717) is 6.42 Å². The molecule has 1 nitrogen and oxygen atoms in total. The molecule has 2 aromatic rings. The SMILES string of the molecule is Cc1ccc(NC(C)Cc2ccccc2F)cc1I. The molecule has 0 heterocycles. The average molecular weight is 369 g/mol. The summed E-state index contributed by atoms with van der Waals surface area (Å²) in [5.41, 5.74) is 3.11. The summed E-state index contributed by atoms with van der Waals surface area (Å²) >= 11 is 2.33. The maximum atomic E-state index is 13.6. The Kier molecular flexibility index (Phi) is 4.80. The molecular formula is C16H17FIN. The van der Waals surface area contributed by atoms with Crippen molar-refractivity contribution in [3.63, 3.8) is 0 Å². The van der Waals surface area contributed by atoms with Crippen LogP contribution in [-0.4, -0.2) is 6.04 Å². The van der Waals surface area contributed by atoms with Crippen molar-refractivity contribution in [1.82, 2.24) is 0 Å². The van der Waals surface area contributed by atoms with E-state index in [9.17, 15) is 4.39 Å². The summed E-state index contributed by atoms with van der Waals surface area (Å²) in [6.07, 6.45) is 0.678. The van der Waals surface area contributed by atoms with Crippen LogP contribution in [-0.2, 0) is 6.42 Å². The molecule has 0 amide bonds. The number of aryl methyl sites for hydroxylation is 1. The Morgan fingerprint density at radius 1 is 1.21 bits per heavy atom. The molecule has 0 saturated carbocycles. The lowest BCUT2D eigenvalue weighted by Gasteiger charge is -2.16. The van der Waals surface area contributed by atoms with Crippen LogP contribution >= 0.6 is 22.6 Å². The molecule has 0 aliphatic heterocycles. The Morgan fingerprint density at radius 3 is 2.63 bits per heavy atom. The van der Waals surface area contributed by atoms with Crippen LogP contribution in [0.5, 0.6) is 0 Å². The Labute approximate surface area is 127 Å². The summed E-state index contributed by atoms with van der Waals surface area (Å²) in [4.78, 5) is 0. The lowest BCUT2D eigenvalue weighted by molar-refractivity contribution is 0.601. The number of rotatable bonds is 4. The fourth-order valence-electron chi connectivity index (χ4n) is 2.01. The van der Waals surface area contributed by atoms with Gasteiger partial charge in [0.25, 0.3) is 0 Å². The van der Waals surface area contributed by atoms with Crippen LogP contribution < -0.4 is 5.32 Å². The van der Waals surface area contributed by atoms with Gasteiger partial charge in [-0.25, -0.2) is 4.39 Å². The third kappa shape index (κ3) is 3.93. The minimum absolute atomic E-state index is 0.130. The fraction of sp³-hybridized carbons (Fsp3) is 0.250. The molecule has 0 aliphatic rings. The zero-order chi connectivity index (χ0) is 13.8. The molecule has 1 unspecified atom stereocenters. The summed E-state index contributed by atoms with van der Waals surface area (Å²) in [7, 11) is 0. The zero-order valence-corrected chi connectivity index (χ0v) is 13.2. The highest BCUT2D eigenvalue weighted by Crippen LogP contribution is 2.19. The molecule has 3 heteroatoms. The van der Waals surface area contributed by atoms with Gasteiger partial charge < -0.3 is 5.32 Å². The molecule has 2 rings (SSSR count). The van der Waals surface area contributed by atoms with Crippen LogP contribution in [0.4, 0.5) is 10.1 Å². The van der Waals surface area contributed by atoms with E-state index in [1.807, 2.05) is 12.1 Å². The standard InChI is InChI=1S/C16H17FIN/c1-11-7-8-14(10-16(11)18)19-12(2)9-13-5-3-4-6-15(13)17/h3-8,10,12,19H,9H2,1-2H3. The summed E-state index contributed by atoms with van der Waals surface area (Å²) in [5.74, 6) is -0.130. The average Bonchev–Trinajstić information content (AvgIpc) is 2.37. The fourth-order valence-corrected chi connectivity index (χ4v) is 2.53. The number of halogens is 2. The summed E-state index contributed by atoms with van der Waals surface area (Å²) < 4.78 is 14.8. The first-order chi connectivity index (χ1) is 9.06. The van der Waals surface area contributed by atoms with Gasteiger partial charge in [0.05, 0.1) is 0 Å². The van der Waals surface area contributed by atoms with Gasteiger partial charge in [-0.2, -0.15) is 0 Å². The van der Waals surface area contributed by atoms with Crippen molar-refractivity contribution < 1.29 is 4.39 Å². The van der Waals surface area contributed by atoms with Gasteiger partial charge in [-0.15, -0.1) is 0 Å². The van der Waals surface area contributed by atoms with Gasteiger partial charge in [-0.1, -0.05) is 24.3 Å². The van der Waals surface area contributed by atoms with Crippen molar-refractivity contribution in [2.45, 2.75) is 26.3 Å². The van der Waals surface area contributed by atoms with Crippen molar-refractivity contribution in [3.05, 3.63) is 63.0 Å². The molecule has 2 aromatic carbocycles. The molecule has 0 saturated heterocycles. The predicted molar refractivity (Wildman–Crippen MR) is 87.1 cm³/mol. The van der Waals surface area contributed by atoms with Crippen molar-refractivity contribution in [1.29, 1.82) is 0 Å². The third-order valence-corrected chi connectivity index (χ3v) is 4.23. The van der Waals surface area contributed by atoms with Crippen LogP contribution in [0, 0.1) is 16.3 Å². The van der Waals surface area contributed by atoms with Crippen LogP contribution in [0.1, 0.15) is 18.1 Å². The van der Waals surface area contributed by atoms with Gasteiger partial charge in [-0.05, 0) is 72.2 Å². The first kappa shape index (κ1) is 14.3. The highest BCUT2D eigenvalue weighted by atomic mass is 127. The van der Waals surface area contributed by atoms with E-state index in [1.165, 1.54) is 15.2 Å². The van der Waals surface area contributed by atoms with Crippen molar-refractivity contribution in [3.8, 4) is 0 Å². The molecular weight excluding hydrogens is 352 g/mol. The minimum atomic E-state index is -0.130. The van der Waals surface area contributed by atoms with E-state index < -0.39 is 0 Å². The summed E-state index contributed by atoms with van der Waals surface area (Å²) in [6.45, 7) is 4.16. The maximum absolute atomic E-state index is 13.6. The molecule has 1 N–H and O–H groups in total. The maximum Gasteiger partial charge on any atom is 0.126 e. The number of anilines is 1. The molecule has 0 aromatic heterocycles. The Hall–Kier alpha value is -1.10. The van der Waals surface area contributed by atoms with Crippen LogP contribution in [0.15, 0.2) is 42.5 Å². The molecule has 0 bridgehead atoms. The zero-order valence-electron chi connectivity index (χ0n) is 11.1. The van der Waals surface area contributed by atoms with Crippen molar-refractivity contribution in [2.24, 2.45) is 0 Å². The quantitative estimate of drug-likeness (QED) is 0.765.